The van der Waals surface area contributed by atoms with Gasteiger partial charge in [-0.2, -0.15) is 0 Å². The number of hydrogen-bond acceptors (Lipinski definition) is 5. The van der Waals surface area contributed by atoms with Gasteiger partial charge >= 0.3 is 0 Å². The standard InChI is InChI=1S/C21H23NO4S/c1-14(2)27-16-7-5-15(6-8-16)12-21(24)22-13-17(23)18-9-10-20(26-18)19-4-3-11-25-19/h3-11,14,17,23H,12-13H2,1-2H3,(H,22,24). The third-order valence-electron chi connectivity index (χ3n) is 3.87. The first kappa shape index (κ1) is 19.3. The highest BCUT2D eigenvalue weighted by Crippen LogP contribution is 2.25. The lowest BCUT2D eigenvalue weighted by Crippen LogP contribution is -2.29. The molecule has 2 N–H and O–H groups in total. The Kier molecular flexibility index (Phi) is 6.42. The van der Waals surface area contributed by atoms with Crippen LogP contribution in [0.15, 0.2) is 68.5 Å². The minimum absolute atomic E-state index is 0.0885. The normalized spacial score (nSPS) is 12.3. The highest BCUT2D eigenvalue weighted by Gasteiger charge is 2.15. The van der Waals surface area contributed by atoms with Crippen LogP contribution < -0.4 is 5.32 Å². The summed E-state index contributed by atoms with van der Waals surface area (Å²) in [4.78, 5) is 13.3. The Morgan fingerprint density at radius 3 is 2.56 bits per heavy atom. The van der Waals surface area contributed by atoms with E-state index in [0.717, 1.165) is 5.56 Å². The lowest BCUT2D eigenvalue weighted by molar-refractivity contribution is -0.120. The molecule has 0 bridgehead atoms. The van der Waals surface area contributed by atoms with Crippen LogP contribution in [-0.2, 0) is 11.2 Å². The Labute approximate surface area is 162 Å². The number of carbonyl (C=O) groups excluding carboxylic acids is 1. The summed E-state index contributed by atoms with van der Waals surface area (Å²) in [5.74, 6) is 1.38. The van der Waals surface area contributed by atoms with E-state index in [1.54, 1.807) is 42.3 Å². The van der Waals surface area contributed by atoms with Crippen molar-refractivity contribution in [2.75, 3.05) is 6.54 Å². The molecule has 1 unspecified atom stereocenters. The van der Waals surface area contributed by atoms with Gasteiger partial charge in [-0.25, -0.2) is 0 Å². The number of aliphatic hydroxyl groups is 1. The van der Waals surface area contributed by atoms with Gasteiger partial charge in [-0.05, 0) is 42.0 Å². The SMILES string of the molecule is CC(C)Sc1ccc(CC(=O)NCC(O)c2ccc(-c3ccco3)o2)cc1. The molecule has 27 heavy (non-hydrogen) atoms. The average Bonchev–Trinajstić information content (AvgIpc) is 3.32. The van der Waals surface area contributed by atoms with E-state index in [9.17, 15) is 9.90 Å². The van der Waals surface area contributed by atoms with Crippen molar-refractivity contribution in [1.82, 2.24) is 5.32 Å². The summed E-state index contributed by atoms with van der Waals surface area (Å²) < 4.78 is 10.8. The summed E-state index contributed by atoms with van der Waals surface area (Å²) in [6.07, 6.45) is 0.916. The number of benzene rings is 1. The van der Waals surface area contributed by atoms with Crippen molar-refractivity contribution in [3.63, 3.8) is 0 Å². The maximum atomic E-state index is 12.1. The van der Waals surface area contributed by atoms with Crippen molar-refractivity contribution in [2.24, 2.45) is 0 Å². The molecular formula is C21H23NO4S. The molecule has 2 aromatic heterocycles. The van der Waals surface area contributed by atoms with E-state index in [1.807, 2.05) is 24.3 Å². The van der Waals surface area contributed by atoms with Crippen molar-refractivity contribution in [1.29, 1.82) is 0 Å². The van der Waals surface area contributed by atoms with Gasteiger partial charge in [0.2, 0.25) is 5.91 Å². The van der Waals surface area contributed by atoms with Gasteiger partial charge in [-0.15, -0.1) is 11.8 Å². The van der Waals surface area contributed by atoms with Gasteiger partial charge in [0.1, 0.15) is 11.9 Å². The summed E-state index contributed by atoms with van der Waals surface area (Å²) in [5.41, 5.74) is 0.938. The van der Waals surface area contributed by atoms with Gasteiger partial charge < -0.3 is 19.3 Å². The van der Waals surface area contributed by atoms with Crippen LogP contribution in [0.4, 0.5) is 0 Å². The lowest BCUT2D eigenvalue weighted by atomic mass is 10.1. The first-order valence-corrected chi connectivity index (χ1v) is 9.73. The summed E-state index contributed by atoms with van der Waals surface area (Å²) in [6.45, 7) is 4.38. The molecule has 1 amide bonds. The molecule has 0 saturated heterocycles. The summed E-state index contributed by atoms with van der Waals surface area (Å²) in [5, 5.41) is 13.5. The predicted molar refractivity (Wildman–Crippen MR) is 106 cm³/mol. The molecule has 0 fully saturated rings. The van der Waals surface area contributed by atoms with Crippen LogP contribution in [0, 0.1) is 0 Å². The van der Waals surface area contributed by atoms with Crippen molar-refractivity contribution >= 4 is 17.7 Å². The Morgan fingerprint density at radius 1 is 1.11 bits per heavy atom. The number of carbonyl (C=O) groups is 1. The van der Waals surface area contributed by atoms with E-state index in [-0.39, 0.29) is 18.9 Å². The van der Waals surface area contributed by atoms with Crippen LogP contribution in [0.2, 0.25) is 0 Å². The van der Waals surface area contributed by atoms with Crippen LogP contribution in [0.3, 0.4) is 0 Å². The molecule has 0 aliphatic heterocycles. The van der Waals surface area contributed by atoms with Crippen LogP contribution in [-0.4, -0.2) is 22.8 Å². The Morgan fingerprint density at radius 2 is 1.89 bits per heavy atom. The molecule has 1 atom stereocenters. The third-order valence-corrected chi connectivity index (χ3v) is 4.89. The Balaban J connectivity index is 1.48. The topological polar surface area (TPSA) is 75.6 Å². The number of amides is 1. The van der Waals surface area contributed by atoms with Gasteiger partial charge in [-0.3, -0.25) is 4.79 Å². The van der Waals surface area contributed by atoms with Gasteiger partial charge in [0.25, 0.3) is 0 Å². The van der Waals surface area contributed by atoms with Gasteiger partial charge in [0.05, 0.1) is 19.2 Å². The fraction of sp³-hybridized carbons (Fsp3) is 0.286. The second-order valence-corrected chi connectivity index (χ2v) is 8.14. The minimum Gasteiger partial charge on any atom is -0.461 e. The largest absolute Gasteiger partial charge is 0.461 e. The zero-order chi connectivity index (χ0) is 19.2. The molecule has 0 spiro atoms. The lowest BCUT2D eigenvalue weighted by Gasteiger charge is -2.10. The van der Waals surface area contributed by atoms with Crippen LogP contribution in [0.5, 0.6) is 0 Å². The van der Waals surface area contributed by atoms with Crippen LogP contribution >= 0.6 is 11.8 Å². The molecule has 0 saturated carbocycles. The predicted octanol–water partition coefficient (Wildman–Crippen LogP) is 4.43. The first-order chi connectivity index (χ1) is 13.0. The zero-order valence-electron chi connectivity index (χ0n) is 15.3. The van der Waals surface area contributed by atoms with Gasteiger partial charge in [-0.1, -0.05) is 26.0 Å². The fourth-order valence-electron chi connectivity index (χ4n) is 2.60. The molecule has 3 rings (SSSR count). The quantitative estimate of drug-likeness (QED) is 0.561. The Hall–Kier alpha value is -2.44. The van der Waals surface area contributed by atoms with Crippen molar-refractivity contribution in [3.05, 3.63) is 66.1 Å². The maximum absolute atomic E-state index is 12.1. The molecule has 2 heterocycles. The summed E-state index contributed by atoms with van der Waals surface area (Å²) >= 11 is 1.79. The van der Waals surface area contributed by atoms with Crippen LogP contribution in [0.25, 0.3) is 11.5 Å². The average molecular weight is 385 g/mol. The molecule has 1 aromatic carbocycles. The first-order valence-electron chi connectivity index (χ1n) is 8.85. The Bertz CT molecular complexity index is 853. The summed E-state index contributed by atoms with van der Waals surface area (Å²) in [6, 6.07) is 14.9. The second-order valence-electron chi connectivity index (χ2n) is 6.49. The molecule has 0 aliphatic rings. The zero-order valence-corrected chi connectivity index (χ0v) is 16.2. The van der Waals surface area contributed by atoms with E-state index in [1.165, 1.54) is 4.90 Å². The summed E-state index contributed by atoms with van der Waals surface area (Å²) in [7, 11) is 0. The molecular weight excluding hydrogens is 362 g/mol. The van der Waals surface area contributed by atoms with Crippen molar-refractivity contribution in [3.8, 4) is 11.5 Å². The fourth-order valence-corrected chi connectivity index (χ4v) is 3.44. The second kappa shape index (κ2) is 8.97. The van der Waals surface area contributed by atoms with Gasteiger partial charge in [0.15, 0.2) is 11.5 Å². The molecule has 6 heteroatoms. The van der Waals surface area contributed by atoms with E-state index in [0.29, 0.717) is 22.5 Å². The number of furan rings is 2. The highest BCUT2D eigenvalue weighted by atomic mass is 32.2. The van der Waals surface area contributed by atoms with Gasteiger partial charge in [0, 0.05) is 10.1 Å². The molecule has 3 aromatic rings. The van der Waals surface area contributed by atoms with E-state index >= 15 is 0 Å². The van der Waals surface area contributed by atoms with Crippen LogP contribution in [0.1, 0.15) is 31.3 Å². The maximum Gasteiger partial charge on any atom is 0.224 e. The van der Waals surface area contributed by atoms with Crippen molar-refractivity contribution in [2.45, 2.75) is 36.5 Å². The number of hydrogen-bond donors (Lipinski definition) is 2. The van der Waals surface area contributed by atoms with E-state index in [2.05, 4.69) is 19.2 Å². The molecule has 142 valence electrons. The van der Waals surface area contributed by atoms with Crippen molar-refractivity contribution < 1.29 is 18.7 Å². The number of aliphatic hydroxyl groups excluding tert-OH is 1. The number of rotatable bonds is 8. The third kappa shape index (κ3) is 5.52. The smallest absolute Gasteiger partial charge is 0.224 e. The van der Waals surface area contributed by atoms with E-state index < -0.39 is 6.10 Å². The minimum atomic E-state index is -0.914. The monoisotopic (exact) mass is 385 g/mol. The molecule has 0 radical (unpaired) electrons. The van der Waals surface area contributed by atoms with E-state index in [4.69, 9.17) is 8.83 Å². The molecule has 5 nitrogen and oxygen atoms in total. The number of nitrogens with one attached hydrogen (secondary N) is 1. The molecule has 0 aliphatic carbocycles. The number of thioether (sulfide) groups is 1. The highest BCUT2D eigenvalue weighted by molar-refractivity contribution is 7.99.